The first kappa shape index (κ1) is 17.2. The summed E-state index contributed by atoms with van der Waals surface area (Å²) in [6, 6.07) is 7.69. The number of benzene rings is 1. The summed E-state index contributed by atoms with van der Waals surface area (Å²) in [6.45, 7) is 3.54. The zero-order chi connectivity index (χ0) is 19.1. The van der Waals surface area contributed by atoms with E-state index in [2.05, 4.69) is 20.5 Å². The van der Waals surface area contributed by atoms with Crippen LogP contribution in [0, 0.1) is 5.41 Å². The van der Waals surface area contributed by atoms with E-state index in [1.165, 1.54) is 12.8 Å². The Kier molecular flexibility index (Phi) is 4.03. The van der Waals surface area contributed by atoms with E-state index < -0.39 is 6.04 Å². The Morgan fingerprint density at radius 2 is 2.00 bits per heavy atom. The molecule has 144 valence electrons. The molecule has 1 saturated carbocycles. The third-order valence-electron chi connectivity index (χ3n) is 6.14. The largest absolute Gasteiger partial charge is 0.403 e. The molecule has 0 radical (unpaired) electrons. The lowest BCUT2D eigenvalue weighted by Crippen LogP contribution is -2.45. The standard InChI is InChI=1S/C21H23N5O2/c1-14(19(27)26-11-8-21(6-7-21)9-12-26)23-20-25-24-18(28-20)16-4-2-3-15-5-10-22-13-17(15)16/h2-5,10,13-14H,6-9,11-12H2,1H3,(H,23,25)/t14-/m1/s1. The molecule has 7 nitrogen and oxygen atoms in total. The summed E-state index contributed by atoms with van der Waals surface area (Å²) in [5.74, 6) is 0.499. The highest BCUT2D eigenvalue weighted by molar-refractivity contribution is 5.94. The molecule has 2 aromatic heterocycles. The molecule has 3 heterocycles. The van der Waals surface area contributed by atoms with Crippen LogP contribution in [0.5, 0.6) is 0 Å². The van der Waals surface area contributed by atoms with E-state index in [9.17, 15) is 4.79 Å². The molecule has 1 aliphatic heterocycles. The van der Waals surface area contributed by atoms with Crippen LogP contribution in [-0.2, 0) is 4.79 Å². The van der Waals surface area contributed by atoms with Crippen molar-refractivity contribution >= 4 is 22.7 Å². The Hall–Kier alpha value is -2.96. The fourth-order valence-corrected chi connectivity index (χ4v) is 4.09. The van der Waals surface area contributed by atoms with Gasteiger partial charge in [-0.05, 0) is 55.5 Å². The van der Waals surface area contributed by atoms with Crippen molar-refractivity contribution in [2.24, 2.45) is 5.41 Å². The Morgan fingerprint density at radius 1 is 1.18 bits per heavy atom. The van der Waals surface area contributed by atoms with E-state index in [1.54, 1.807) is 12.4 Å². The van der Waals surface area contributed by atoms with Crippen molar-refractivity contribution in [3.63, 3.8) is 0 Å². The average molecular weight is 377 g/mol. The second-order valence-electron chi connectivity index (χ2n) is 8.01. The Balaban J connectivity index is 1.29. The van der Waals surface area contributed by atoms with E-state index in [4.69, 9.17) is 4.42 Å². The van der Waals surface area contributed by atoms with E-state index in [1.807, 2.05) is 36.1 Å². The molecule has 1 aliphatic carbocycles. The number of aromatic nitrogens is 3. The minimum absolute atomic E-state index is 0.0876. The summed E-state index contributed by atoms with van der Waals surface area (Å²) in [7, 11) is 0. The molecule has 0 unspecified atom stereocenters. The molecule has 3 aromatic rings. The number of nitrogens with zero attached hydrogens (tertiary/aromatic N) is 4. The van der Waals surface area contributed by atoms with Crippen LogP contribution in [0.25, 0.3) is 22.2 Å². The molecule has 28 heavy (non-hydrogen) atoms. The van der Waals surface area contributed by atoms with Crippen molar-refractivity contribution in [1.82, 2.24) is 20.1 Å². The van der Waals surface area contributed by atoms with E-state index >= 15 is 0 Å². The third kappa shape index (κ3) is 3.10. The van der Waals surface area contributed by atoms with Crippen LogP contribution in [-0.4, -0.2) is 45.1 Å². The van der Waals surface area contributed by atoms with E-state index in [0.717, 1.165) is 42.3 Å². The van der Waals surface area contributed by atoms with Gasteiger partial charge in [0.25, 0.3) is 0 Å². The van der Waals surface area contributed by atoms with Crippen molar-refractivity contribution in [2.75, 3.05) is 18.4 Å². The van der Waals surface area contributed by atoms with Crippen LogP contribution in [0.3, 0.4) is 0 Å². The molecular weight excluding hydrogens is 354 g/mol. The highest BCUT2D eigenvalue weighted by Gasteiger charge is 2.45. The second kappa shape index (κ2) is 6.58. The number of anilines is 1. The number of carbonyl (C=O) groups excluding carboxylic acids is 1. The maximum absolute atomic E-state index is 12.8. The summed E-state index contributed by atoms with van der Waals surface area (Å²) in [6.07, 6.45) is 8.47. The molecule has 1 spiro atoms. The van der Waals surface area contributed by atoms with Crippen molar-refractivity contribution in [3.05, 3.63) is 36.7 Å². The van der Waals surface area contributed by atoms with Gasteiger partial charge in [-0.2, -0.15) is 0 Å². The van der Waals surface area contributed by atoms with Gasteiger partial charge in [0.2, 0.25) is 11.8 Å². The van der Waals surface area contributed by atoms with E-state index in [-0.39, 0.29) is 11.9 Å². The SMILES string of the molecule is C[C@@H](Nc1nnc(-c2cccc3ccncc23)o1)C(=O)N1CCC2(CC1)CC2. The zero-order valence-electron chi connectivity index (χ0n) is 15.9. The Bertz CT molecular complexity index is 1010. The smallest absolute Gasteiger partial charge is 0.316 e. The molecule has 1 amide bonds. The number of carbonyl (C=O) groups is 1. The van der Waals surface area contributed by atoms with Gasteiger partial charge in [0, 0.05) is 36.4 Å². The van der Waals surface area contributed by atoms with Crippen molar-refractivity contribution in [3.8, 4) is 11.5 Å². The minimum Gasteiger partial charge on any atom is -0.403 e. The summed E-state index contributed by atoms with van der Waals surface area (Å²) in [5, 5.41) is 13.3. The van der Waals surface area contributed by atoms with Crippen LogP contribution >= 0.6 is 0 Å². The normalized spacial score (nSPS) is 19.0. The van der Waals surface area contributed by atoms with Gasteiger partial charge in [-0.3, -0.25) is 9.78 Å². The predicted molar refractivity (Wildman–Crippen MR) is 106 cm³/mol. The van der Waals surface area contributed by atoms with Gasteiger partial charge in [-0.1, -0.05) is 17.2 Å². The predicted octanol–water partition coefficient (Wildman–Crippen LogP) is 3.49. The monoisotopic (exact) mass is 377 g/mol. The minimum atomic E-state index is -0.407. The number of amides is 1. The summed E-state index contributed by atoms with van der Waals surface area (Å²) >= 11 is 0. The van der Waals surface area contributed by atoms with Crippen LogP contribution < -0.4 is 5.32 Å². The molecule has 0 bridgehead atoms. The maximum Gasteiger partial charge on any atom is 0.316 e. The van der Waals surface area contributed by atoms with Gasteiger partial charge in [-0.15, -0.1) is 5.10 Å². The Morgan fingerprint density at radius 3 is 2.79 bits per heavy atom. The lowest BCUT2D eigenvalue weighted by Gasteiger charge is -2.33. The molecule has 5 rings (SSSR count). The molecule has 2 aliphatic rings. The number of fused-ring (bicyclic) bond motifs is 1. The number of pyridine rings is 1. The number of piperidine rings is 1. The highest BCUT2D eigenvalue weighted by Crippen LogP contribution is 2.53. The van der Waals surface area contributed by atoms with Crippen molar-refractivity contribution < 1.29 is 9.21 Å². The number of hydrogen-bond acceptors (Lipinski definition) is 6. The molecule has 1 N–H and O–H groups in total. The van der Waals surface area contributed by atoms with Crippen molar-refractivity contribution in [1.29, 1.82) is 0 Å². The van der Waals surface area contributed by atoms with Gasteiger partial charge < -0.3 is 14.6 Å². The van der Waals surface area contributed by atoms with Crippen LogP contribution in [0.2, 0.25) is 0 Å². The first-order valence-electron chi connectivity index (χ1n) is 9.86. The van der Waals surface area contributed by atoms with Crippen LogP contribution in [0.4, 0.5) is 6.01 Å². The van der Waals surface area contributed by atoms with Crippen LogP contribution in [0.15, 0.2) is 41.1 Å². The number of nitrogens with one attached hydrogen (secondary N) is 1. The topological polar surface area (TPSA) is 84.1 Å². The summed E-state index contributed by atoms with van der Waals surface area (Å²) in [4.78, 5) is 18.9. The number of rotatable bonds is 4. The summed E-state index contributed by atoms with van der Waals surface area (Å²) in [5.41, 5.74) is 1.39. The van der Waals surface area contributed by atoms with Gasteiger partial charge in [0.05, 0.1) is 0 Å². The summed E-state index contributed by atoms with van der Waals surface area (Å²) < 4.78 is 5.80. The number of hydrogen-bond donors (Lipinski definition) is 1. The lowest BCUT2D eigenvalue weighted by atomic mass is 9.93. The number of likely N-dealkylation sites (tertiary alicyclic amines) is 1. The second-order valence-corrected chi connectivity index (χ2v) is 8.01. The molecule has 2 fully saturated rings. The fraction of sp³-hybridized carbons (Fsp3) is 0.429. The van der Waals surface area contributed by atoms with Crippen LogP contribution in [0.1, 0.15) is 32.6 Å². The van der Waals surface area contributed by atoms with Gasteiger partial charge in [-0.25, -0.2) is 0 Å². The van der Waals surface area contributed by atoms with Gasteiger partial charge in [0.1, 0.15) is 6.04 Å². The first-order valence-corrected chi connectivity index (χ1v) is 9.86. The highest BCUT2D eigenvalue weighted by atomic mass is 16.4. The first-order chi connectivity index (χ1) is 13.6. The van der Waals surface area contributed by atoms with Gasteiger partial charge >= 0.3 is 6.01 Å². The van der Waals surface area contributed by atoms with E-state index in [0.29, 0.717) is 11.3 Å². The fourth-order valence-electron chi connectivity index (χ4n) is 4.09. The molecule has 1 aromatic carbocycles. The van der Waals surface area contributed by atoms with Crippen molar-refractivity contribution in [2.45, 2.75) is 38.6 Å². The lowest BCUT2D eigenvalue weighted by molar-refractivity contribution is -0.133. The molecule has 1 saturated heterocycles. The quantitative estimate of drug-likeness (QED) is 0.749. The maximum atomic E-state index is 12.8. The Labute approximate surface area is 163 Å². The van der Waals surface area contributed by atoms with Gasteiger partial charge in [0.15, 0.2) is 0 Å². The zero-order valence-corrected chi connectivity index (χ0v) is 15.9. The average Bonchev–Trinajstić information content (AvgIpc) is 3.32. The molecular formula is C21H23N5O2. The molecule has 1 atom stereocenters. The molecule has 7 heteroatoms. The third-order valence-corrected chi connectivity index (χ3v) is 6.14.